The molecule has 15 heteroatoms. The highest BCUT2D eigenvalue weighted by Gasteiger charge is 2.46. The van der Waals surface area contributed by atoms with Crippen LogP contribution >= 0.6 is 0 Å². The molecule has 0 saturated carbocycles. The van der Waals surface area contributed by atoms with Gasteiger partial charge in [0.15, 0.2) is 23.2 Å². The summed E-state index contributed by atoms with van der Waals surface area (Å²) in [6.45, 7) is 1.36. The number of anilines is 2. The summed E-state index contributed by atoms with van der Waals surface area (Å²) in [4.78, 5) is 44.0. The fourth-order valence-electron chi connectivity index (χ4n) is 5.22. The Morgan fingerprint density at radius 1 is 1.09 bits per heavy atom. The fraction of sp³-hybridized carbons (Fsp3) is 0.194. The SMILES string of the molecule is Cc1cc(Oc2c(F)cccc2F)ncc1-n1ncc(C(=O)C2=Cc3cc(OC(F)F)c(N4C(=O)NC(C)(C)C4=O)cc3C2)c1N. The number of fused-ring (bicyclic) bond motifs is 1. The molecule has 11 nitrogen and oxygen atoms in total. The van der Waals surface area contributed by atoms with Gasteiger partial charge in [0.2, 0.25) is 11.6 Å². The normalized spacial score (nSPS) is 15.2. The second-order valence-corrected chi connectivity index (χ2v) is 11.1. The maximum absolute atomic E-state index is 14.0. The Morgan fingerprint density at radius 3 is 2.43 bits per heavy atom. The molecule has 1 aliphatic heterocycles. The van der Waals surface area contributed by atoms with Gasteiger partial charge in [-0.2, -0.15) is 13.9 Å². The largest absolute Gasteiger partial charge is 0.433 e. The number of carbonyl (C=O) groups excluding carboxylic acids is 3. The number of allylic oxidation sites excluding steroid dienone is 1. The number of nitrogen functional groups attached to an aromatic ring is 1. The van der Waals surface area contributed by atoms with Crippen LogP contribution in [0.3, 0.4) is 0 Å². The van der Waals surface area contributed by atoms with E-state index in [0.717, 1.165) is 17.0 Å². The van der Waals surface area contributed by atoms with E-state index < -0.39 is 53.0 Å². The molecule has 46 heavy (non-hydrogen) atoms. The number of Topliss-reactive ketones (excluding diaryl/α,β-unsaturated/α-hetero) is 1. The zero-order valence-electron chi connectivity index (χ0n) is 24.4. The lowest BCUT2D eigenvalue weighted by Gasteiger charge is -2.20. The van der Waals surface area contributed by atoms with Gasteiger partial charge >= 0.3 is 12.6 Å². The highest BCUT2D eigenvalue weighted by Crippen LogP contribution is 2.40. The molecule has 236 valence electrons. The third-order valence-electron chi connectivity index (χ3n) is 7.50. The van der Waals surface area contributed by atoms with E-state index in [-0.39, 0.29) is 34.9 Å². The number of pyridine rings is 1. The summed E-state index contributed by atoms with van der Waals surface area (Å²) in [7, 11) is 0. The molecular weight excluding hydrogens is 612 g/mol. The van der Waals surface area contributed by atoms with Gasteiger partial charge in [-0.3, -0.25) is 9.59 Å². The van der Waals surface area contributed by atoms with Gasteiger partial charge in [-0.1, -0.05) is 6.07 Å². The molecule has 1 saturated heterocycles. The summed E-state index contributed by atoms with van der Waals surface area (Å²) in [5.74, 6) is -4.13. The number of ether oxygens (including phenoxy) is 2. The Morgan fingerprint density at radius 2 is 1.80 bits per heavy atom. The van der Waals surface area contributed by atoms with Crippen LogP contribution in [0.2, 0.25) is 0 Å². The van der Waals surface area contributed by atoms with Crippen molar-refractivity contribution in [2.75, 3.05) is 10.6 Å². The number of carbonyl (C=O) groups is 3. The van der Waals surface area contributed by atoms with Crippen molar-refractivity contribution in [1.29, 1.82) is 0 Å². The van der Waals surface area contributed by atoms with Crippen molar-refractivity contribution in [3.8, 4) is 23.1 Å². The molecule has 0 radical (unpaired) electrons. The first-order valence-electron chi connectivity index (χ1n) is 13.7. The summed E-state index contributed by atoms with van der Waals surface area (Å²) in [6.07, 6.45) is 4.08. The summed E-state index contributed by atoms with van der Waals surface area (Å²) in [6, 6.07) is 6.51. The average molecular weight is 637 g/mol. The summed E-state index contributed by atoms with van der Waals surface area (Å²) in [5, 5.41) is 6.72. The van der Waals surface area contributed by atoms with Gasteiger partial charge in [0.05, 0.1) is 29.3 Å². The van der Waals surface area contributed by atoms with Crippen LogP contribution in [0, 0.1) is 18.6 Å². The minimum Gasteiger partial charge on any atom is -0.433 e. The van der Waals surface area contributed by atoms with Crippen LogP contribution in [-0.4, -0.2) is 44.6 Å². The molecule has 1 aliphatic carbocycles. The van der Waals surface area contributed by atoms with Crippen LogP contribution < -0.4 is 25.4 Å². The molecule has 1 fully saturated rings. The fourth-order valence-corrected chi connectivity index (χ4v) is 5.22. The number of nitrogens with two attached hydrogens (primary N) is 1. The van der Waals surface area contributed by atoms with Crippen LogP contribution in [0.5, 0.6) is 17.4 Å². The van der Waals surface area contributed by atoms with Crippen LogP contribution in [0.15, 0.2) is 54.4 Å². The van der Waals surface area contributed by atoms with E-state index in [1.54, 1.807) is 6.92 Å². The molecule has 4 aromatic rings. The Labute approximate surface area is 258 Å². The topological polar surface area (TPSA) is 142 Å². The predicted molar refractivity (Wildman–Crippen MR) is 156 cm³/mol. The minimum atomic E-state index is -3.25. The second-order valence-electron chi connectivity index (χ2n) is 11.1. The van der Waals surface area contributed by atoms with Crippen molar-refractivity contribution >= 4 is 35.3 Å². The number of alkyl halides is 2. The minimum absolute atomic E-state index is 0.0346. The Kier molecular flexibility index (Phi) is 7.25. The maximum atomic E-state index is 14.0. The molecule has 3 heterocycles. The van der Waals surface area contributed by atoms with Gasteiger partial charge in [-0.15, -0.1) is 0 Å². The number of nitrogens with zero attached hydrogens (tertiary/aromatic N) is 4. The number of benzene rings is 2. The molecular formula is C31H24F4N6O5. The number of hydrogen-bond donors (Lipinski definition) is 2. The summed E-state index contributed by atoms with van der Waals surface area (Å²) in [5.41, 5.74) is 6.87. The van der Waals surface area contributed by atoms with Crippen molar-refractivity contribution < 1.29 is 41.4 Å². The molecule has 3 N–H and O–H groups in total. The van der Waals surface area contributed by atoms with Gasteiger partial charge < -0.3 is 20.5 Å². The first-order valence-corrected chi connectivity index (χ1v) is 13.7. The molecule has 0 unspecified atom stereocenters. The number of imide groups is 1. The average Bonchev–Trinajstić information content (AvgIpc) is 3.62. The number of amides is 3. The van der Waals surface area contributed by atoms with Crippen LogP contribution in [-0.2, 0) is 11.2 Å². The van der Waals surface area contributed by atoms with Crippen molar-refractivity contribution in [3.05, 3.63) is 88.3 Å². The zero-order valence-corrected chi connectivity index (χ0v) is 24.4. The number of aryl methyl sites for hydroxylation is 1. The summed E-state index contributed by atoms with van der Waals surface area (Å²) >= 11 is 0. The van der Waals surface area contributed by atoms with E-state index in [2.05, 4.69) is 20.1 Å². The van der Waals surface area contributed by atoms with Crippen LogP contribution in [0.1, 0.15) is 40.9 Å². The lowest BCUT2D eigenvalue weighted by Crippen LogP contribution is -2.40. The van der Waals surface area contributed by atoms with Crippen molar-refractivity contribution in [3.63, 3.8) is 0 Å². The maximum Gasteiger partial charge on any atom is 0.387 e. The van der Waals surface area contributed by atoms with Gasteiger partial charge in [0, 0.05) is 18.1 Å². The molecule has 6 rings (SSSR count). The monoisotopic (exact) mass is 636 g/mol. The quantitative estimate of drug-likeness (QED) is 0.147. The molecule has 0 spiro atoms. The summed E-state index contributed by atoms with van der Waals surface area (Å²) < 4.78 is 65.9. The van der Waals surface area contributed by atoms with Crippen LogP contribution in [0.25, 0.3) is 11.8 Å². The highest BCUT2D eigenvalue weighted by molar-refractivity contribution is 6.24. The Hall–Kier alpha value is -5.73. The van der Waals surface area contributed by atoms with E-state index in [1.807, 2.05) is 0 Å². The third kappa shape index (κ3) is 5.18. The molecule has 2 aliphatic rings. The smallest absolute Gasteiger partial charge is 0.387 e. The Bertz CT molecular complexity index is 1970. The molecule has 3 amide bonds. The van der Waals surface area contributed by atoms with Crippen molar-refractivity contribution in [2.24, 2.45) is 0 Å². The zero-order chi connectivity index (χ0) is 33.1. The number of halogens is 4. The van der Waals surface area contributed by atoms with Crippen molar-refractivity contribution in [2.45, 2.75) is 39.3 Å². The number of para-hydroxylation sites is 1. The molecule has 0 atom stereocenters. The van der Waals surface area contributed by atoms with Gasteiger partial charge in [-0.05, 0) is 67.8 Å². The first kappa shape index (κ1) is 30.3. The van der Waals surface area contributed by atoms with Crippen LogP contribution in [0.4, 0.5) is 33.9 Å². The van der Waals surface area contributed by atoms with E-state index in [9.17, 15) is 31.9 Å². The number of ketones is 1. The van der Waals surface area contributed by atoms with Crippen molar-refractivity contribution in [1.82, 2.24) is 20.1 Å². The standard InChI is InChI=1S/C31H24F4N6O5/c1-14-7-24(46-26-19(32)5-4-6-20(26)33)37-13-22(14)41-27(36)18(12-38-41)25(42)17-8-15-10-21(23(45-29(34)35)11-16(15)9-17)40-28(43)31(2,3)39-30(40)44/h4-7,9-13,29H,8,36H2,1-3H3,(H,39,44). The molecule has 0 bridgehead atoms. The van der Waals surface area contributed by atoms with Gasteiger partial charge in [-0.25, -0.2) is 28.1 Å². The number of hydrogen-bond acceptors (Lipinski definition) is 8. The number of nitrogens with one attached hydrogen (secondary N) is 1. The first-order chi connectivity index (χ1) is 21.7. The second kappa shape index (κ2) is 11.0. The molecule has 2 aromatic carbocycles. The van der Waals surface area contributed by atoms with Gasteiger partial charge in [0.1, 0.15) is 11.4 Å². The predicted octanol–water partition coefficient (Wildman–Crippen LogP) is 5.49. The molecule has 2 aromatic heterocycles. The highest BCUT2D eigenvalue weighted by atomic mass is 19.3. The number of aromatic nitrogens is 3. The number of urea groups is 1. The van der Waals surface area contributed by atoms with Gasteiger partial charge in [0.25, 0.3) is 5.91 Å². The lowest BCUT2D eigenvalue weighted by molar-refractivity contribution is -0.121. The van der Waals surface area contributed by atoms with E-state index in [4.69, 9.17) is 10.5 Å². The third-order valence-corrected chi connectivity index (χ3v) is 7.50. The Balaban J connectivity index is 1.27. The van der Waals surface area contributed by atoms with E-state index >= 15 is 0 Å². The van der Waals surface area contributed by atoms with E-state index in [1.165, 1.54) is 61.3 Å². The lowest BCUT2D eigenvalue weighted by atomic mass is 10.0. The van der Waals surface area contributed by atoms with E-state index in [0.29, 0.717) is 22.4 Å². The number of rotatable bonds is 8.